The smallest absolute Gasteiger partial charge is 0.355 e. The van der Waals surface area contributed by atoms with Gasteiger partial charge in [-0.15, -0.1) is 23.1 Å². The summed E-state index contributed by atoms with van der Waals surface area (Å²) in [6.07, 6.45) is 0. The van der Waals surface area contributed by atoms with Gasteiger partial charge in [0.15, 0.2) is 5.69 Å². The predicted molar refractivity (Wildman–Crippen MR) is 74.8 cm³/mol. The van der Waals surface area contributed by atoms with Crippen LogP contribution < -0.4 is 0 Å². The molecule has 6 heteroatoms. The summed E-state index contributed by atoms with van der Waals surface area (Å²) in [6.45, 7) is 1.77. The van der Waals surface area contributed by atoms with Gasteiger partial charge >= 0.3 is 5.97 Å². The molecule has 2 rings (SSSR count). The van der Waals surface area contributed by atoms with Gasteiger partial charge in [0.05, 0.1) is 5.75 Å². The van der Waals surface area contributed by atoms with Gasteiger partial charge in [0, 0.05) is 14.8 Å². The minimum atomic E-state index is -0.970. The Kier molecular flexibility index (Phi) is 4.27. The van der Waals surface area contributed by atoms with Crippen molar-refractivity contribution < 1.29 is 9.90 Å². The number of aromatic nitrogens is 1. The van der Waals surface area contributed by atoms with E-state index in [1.165, 1.54) is 11.3 Å². The standard InChI is InChI=1S/C12H10ClNO2S2/c1-7-11(12(15)16)14-10(18-7)6-17-9-4-2-3-8(13)5-9/h2-5H,6H2,1H3,(H,15,16). The van der Waals surface area contributed by atoms with E-state index in [9.17, 15) is 4.79 Å². The highest BCUT2D eigenvalue weighted by molar-refractivity contribution is 7.98. The number of benzene rings is 1. The highest BCUT2D eigenvalue weighted by atomic mass is 35.5. The summed E-state index contributed by atoms with van der Waals surface area (Å²) in [7, 11) is 0. The number of aromatic carboxylic acids is 1. The fourth-order valence-electron chi connectivity index (χ4n) is 1.41. The molecule has 94 valence electrons. The SMILES string of the molecule is Cc1sc(CSc2cccc(Cl)c2)nc1C(=O)O. The van der Waals surface area contributed by atoms with Gasteiger partial charge in [-0.1, -0.05) is 17.7 Å². The Bertz CT molecular complexity index is 583. The number of thiazole rings is 1. The van der Waals surface area contributed by atoms with Gasteiger partial charge in [0.25, 0.3) is 0 Å². The summed E-state index contributed by atoms with van der Waals surface area (Å²) in [5.74, 6) is -0.318. The zero-order valence-electron chi connectivity index (χ0n) is 9.51. The maximum atomic E-state index is 10.9. The fourth-order valence-corrected chi connectivity index (χ4v) is 3.54. The molecule has 1 aromatic carbocycles. The van der Waals surface area contributed by atoms with E-state index in [1.807, 2.05) is 24.3 Å². The van der Waals surface area contributed by atoms with Crippen molar-refractivity contribution in [3.8, 4) is 0 Å². The van der Waals surface area contributed by atoms with Gasteiger partial charge in [0.2, 0.25) is 0 Å². The van der Waals surface area contributed by atoms with Crippen molar-refractivity contribution in [2.45, 2.75) is 17.6 Å². The molecule has 0 aliphatic carbocycles. The normalized spacial score (nSPS) is 10.6. The molecule has 0 radical (unpaired) electrons. The average Bonchev–Trinajstić information content (AvgIpc) is 2.68. The van der Waals surface area contributed by atoms with Crippen molar-refractivity contribution in [1.29, 1.82) is 0 Å². The van der Waals surface area contributed by atoms with Crippen LogP contribution in [0.1, 0.15) is 20.4 Å². The lowest BCUT2D eigenvalue weighted by atomic mass is 10.4. The van der Waals surface area contributed by atoms with Crippen molar-refractivity contribution >= 4 is 40.7 Å². The van der Waals surface area contributed by atoms with Crippen LogP contribution in [0.15, 0.2) is 29.2 Å². The van der Waals surface area contributed by atoms with E-state index in [1.54, 1.807) is 18.7 Å². The topological polar surface area (TPSA) is 50.2 Å². The molecule has 1 N–H and O–H groups in total. The molecule has 3 nitrogen and oxygen atoms in total. The molecular formula is C12H10ClNO2S2. The van der Waals surface area contributed by atoms with E-state index in [0.717, 1.165) is 14.8 Å². The Labute approximate surface area is 118 Å². The van der Waals surface area contributed by atoms with Crippen molar-refractivity contribution in [1.82, 2.24) is 4.98 Å². The third kappa shape index (κ3) is 3.25. The Morgan fingerprint density at radius 3 is 2.94 bits per heavy atom. The first kappa shape index (κ1) is 13.4. The van der Waals surface area contributed by atoms with Crippen molar-refractivity contribution in [3.63, 3.8) is 0 Å². The molecule has 0 spiro atoms. The molecule has 0 aliphatic rings. The van der Waals surface area contributed by atoms with Crippen LogP contribution in [-0.4, -0.2) is 16.1 Å². The minimum absolute atomic E-state index is 0.154. The van der Waals surface area contributed by atoms with Crippen LogP contribution in [0.5, 0.6) is 0 Å². The van der Waals surface area contributed by atoms with Crippen molar-refractivity contribution in [3.05, 3.63) is 44.9 Å². The number of nitrogens with zero attached hydrogens (tertiary/aromatic N) is 1. The second kappa shape index (κ2) is 5.73. The second-order valence-electron chi connectivity index (χ2n) is 3.56. The van der Waals surface area contributed by atoms with Crippen LogP contribution in [0.3, 0.4) is 0 Å². The van der Waals surface area contributed by atoms with Gasteiger partial charge in [-0.2, -0.15) is 0 Å². The van der Waals surface area contributed by atoms with Crippen LogP contribution in [0.2, 0.25) is 5.02 Å². The second-order valence-corrected chi connectivity index (χ2v) is 6.34. The summed E-state index contributed by atoms with van der Waals surface area (Å²) in [6, 6.07) is 7.56. The first-order valence-electron chi connectivity index (χ1n) is 5.14. The first-order chi connectivity index (χ1) is 8.56. The maximum absolute atomic E-state index is 10.9. The van der Waals surface area contributed by atoms with Gasteiger partial charge < -0.3 is 5.11 Å². The van der Waals surface area contributed by atoms with Crippen LogP contribution in [0.25, 0.3) is 0 Å². The van der Waals surface area contributed by atoms with Gasteiger partial charge in [-0.05, 0) is 25.1 Å². The molecule has 2 aromatic rings. The quantitative estimate of drug-likeness (QED) is 0.864. The number of aryl methyl sites for hydroxylation is 1. The fraction of sp³-hybridized carbons (Fsp3) is 0.167. The van der Waals surface area contributed by atoms with Gasteiger partial charge in [-0.25, -0.2) is 9.78 Å². The van der Waals surface area contributed by atoms with Crippen LogP contribution in [0, 0.1) is 6.92 Å². The maximum Gasteiger partial charge on any atom is 0.355 e. The monoisotopic (exact) mass is 299 g/mol. The van der Waals surface area contributed by atoms with E-state index in [0.29, 0.717) is 10.8 Å². The molecule has 0 atom stereocenters. The first-order valence-corrected chi connectivity index (χ1v) is 7.32. The van der Waals surface area contributed by atoms with Crippen molar-refractivity contribution in [2.75, 3.05) is 0 Å². The Balaban J connectivity index is 2.06. The van der Waals surface area contributed by atoms with E-state index < -0.39 is 5.97 Å². The summed E-state index contributed by atoms with van der Waals surface area (Å²) in [4.78, 5) is 16.8. The van der Waals surface area contributed by atoms with E-state index in [2.05, 4.69) is 4.98 Å². The summed E-state index contributed by atoms with van der Waals surface area (Å²) in [5, 5.41) is 10.4. The predicted octanol–water partition coefficient (Wildman–Crippen LogP) is 4.10. The Morgan fingerprint density at radius 2 is 2.33 bits per heavy atom. The molecule has 0 saturated carbocycles. The molecule has 1 heterocycles. The average molecular weight is 300 g/mol. The van der Waals surface area contributed by atoms with Crippen LogP contribution >= 0.6 is 34.7 Å². The van der Waals surface area contributed by atoms with Gasteiger partial charge in [0.1, 0.15) is 5.01 Å². The zero-order chi connectivity index (χ0) is 13.1. The molecule has 0 saturated heterocycles. The van der Waals surface area contributed by atoms with E-state index in [4.69, 9.17) is 16.7 Å². The number of carboxylic acid groups (broad SMARTS) is 1. The third-order valence-corrected chi connectivity index (χ3v) is 4.60. The van der Waals surface area contributed by atoms with Crippen LogP contribution in [0.4, 0.5) is 0 Å². The highest BCUT2D eigenvalue weighted by Gasteiger charge is 2.13. The molecule has 0 unspecified atom stereocenters. The Hall–Kier alpha value is -1.04. The summed E-state index contributed by atoms with van der Waals surface area (Å²) >= 11 is 8.91. The number of carboxylic acids is 1. The number of halogens is 1. The van der Waals surface area contributed by atoms with Crippen molar-refractivity contribution in [2.24, 2.45) is 0 Å². The Morgan fingerprint density at radius 1 is 1.56 bits per heavy atom. The van der Waals surface area contributed by atoms with E-state index in [-0.39, 0.29) is 5.69 Å². The summed E-state index contributed by atoms with van der Waals surface area (Å²) < 4.78 is 0. The lowest BCUT2D eigenvalue weighted by Crippen LogP contribution is -1.98. The number of hydrogen-bond donors (Lipinski definition) is 1. The molecule has 0 bridgehead atoms. The molecular weight excluding hydrogens is 290 g/mol. The molecule has 0 aliphatic heterocycles. The molecule has 0 amide bonds. The zero-order valence-corrected chi connectivity index (χ0v) is 11.9. The number of carbonyl (C=O) groups is 1. The minimum Gasteiger partial charge on any atom is -0.476 e. The third-order valence-electron chi connectivity index (χ3n) is 2.20. The molecule has 0 fully saturated rings. The van der Waals surface area contributed by atoms with Crippen LogP contribution in [-0.2, 0) is 5.75 Å². The molecule has 18 heavy (non-hydrogen) atoms. The number of hydrogen-bond acceptors (Lipinski definition) is 4. The van der Waals surface area contributed by atoms with E-state index >= 15 is 0 Å². The highest BCUT2D eigenvalue weighted by Crippen LogP contribution is 2.28. The lowest BCUT2D eigenvalue weighted by Gasteiger charge is -1.99. The molecule has 1 aromatic heterocycles. The van der Waals surface area contributed by atoms with Gasteiger partial charge in [-0.3, -0.25) is 0 Å². The lowest BCUT2D eigenvalue weighted by molar-refractivity contribution is 0.0690. The summed E-state index contributed by atoms with van der Waals surface area (Å²) in [5.41, 5.74) is 0.154. The number of thioether (sulfide) groups is 1. The number of rotatable bonds is 4. The largest absolute Gasteiger partial charge is 0.476 e.